The summed E-state index contributed by atoms with van der Waals surface area (Å²) in [5.74, 6) is -1.21. The van der Waals surface area contributed by atoms with Crippen molar-refractivity contribution < 1.29 is 19.1 Å². The molecule has 0 aliphatic carbocycles. The zero-order chi connectivity index (χ0) is 19.8. The molecule has 0 aliphatic rings. The van der Waals surface area contributed by atoms with Crippen molar-refractivity contribution in [3.05, 3.63) is 47.5 Å². The molecule has 0 unspecified atom stereocenters. The summed E-state index contributed by atoms with van der Waals surface area (Å²) in [4.78, 5) is 23.0. The van der Waals surface area contributed by atoms with E-state index in [9.17, 15) is 14.0 Å². The average molecular weight is 375 g/mol. The summed E-state index contributed by atoms with van der Waals surface area (Å²) in [6.45, 7) is 4.50. The predicted octanol–water partition coefficient (Wildman–Crippen LogP) is 3.90. The Morgan fingerprint density at radius 2 is 1.81 bits per heavy atom. The van der Waals surface area contributed by atoms with Crippen LogP contribution in [0.5, 0.6) is 0 Å². The van der Waals surface area contributed by atoms with Crippen molar-refractivity contribution >= 4 is 11.9 Å². The smallest absolute Gasteiger partial charge is 0.303 e. The minimum atomic E-state index is -0.775. The number of amides is 1. The van der Waals surface area contributed by atoms with E-state index < -0.39 is 5.97 Å². The molecule has 2 aromatic rings. The summed E-state index contributed by atoms with van der Waals surface area (Å²) in [5, 5.41) is 15.8. The summed E-state index contributed by atoms with van der Waals surface area (Å²) in [6.07, 6.45) is 4.90. The SMILES string of the molecule is CC(C)c1c(C(=O)NCCCCCCC(=O)O)cnn1-c1ccc(F)cc1. The number of hydrogen-bond acceptors (Lipinski definition) is 3. The molecule has 2 rings (SSSR count). The van der Waals surface area contributed by atoms with Crippen molar-refractivity contribution in [3.8, 4) is 5.69 Å². The van der Waals surface area contributed by atoms with Gasteiger partial charge in [-0.3, -0.25) is 9.59 Å². The van der Waals surface area contributed by atoms with Crippen LogP contribution in [0.15, 0.2) is 30.5 Å². The third-order valence-corrected chi connectivity index (χ3v) is 4.27. The van der Waals surface area contributed by atoms with E-state index in [-0.39, 0.29) is 24.1 Å². The highest BCUT2D eigenvalue weighted by Gasteiger charge is 2.20. The Morgan fingerprint density at radius 3 is 2.44 bits per heavy atom. The van der Waals surface area contributed by atoms with E-state index in [0.717, 1.165) is 25.0 Å². The van der Waals surface area contributed by atoms with Gasteiger partial charge in [0.1, 0.15) is 5.82 Å². The minimum Gasteiger partial charge on any atom is -0.481 e. The summed E-state index contributed by atoms with van der Waals surface area (Å²) in [5.41, 5.74) is 2.00. The van der Waals surface area contributed by atoms with Gasteiger partial charge in [0, 0.05) is 13.0 Å². The van der Waals surface area contributed by atoms with Crippen molar-refractivity contribution in [3.63, 3.8) is 0 Å². The van der Waals surface area contributed by atoms with Gasteiger partial charge in [-0.05, 0) is 43.0 Å². The number of carboxylic acids is 1. The van der Waals surface area contributed by atoms with Gasteiger partial charge in [0.25, 0.3) is 5.91 Å². The highest BCUT2D eigenvalue weighted by atomic mass is 19.1. The van der Waals surface area contributed by atoms with Gasteiger partial charge in [0.15, 0.2) is 0 Å². The molecule has 0 atom stereocenters. The molecule has 0 fully saturated rings. The van der Waals surface area contributed by atoms with Crippen LogP contribution in [0.4, 0.5) is 4.39 Å². The second kappa shape index (κ2) is 9.85. The molecule has 6 nitrogen and oxygen atoms in total. The van der Waals surface area contributed by atoms with Crippen molar-refractivity contribution in [2.45, 2.75) is 51.9 Å². The number of hydrogen-bond donors (Lipinski definition) is 2. The van der Waals surface area contributed by atoms with Crippen molar-refractivity contribution in [1.82, 2.24) is 15.1 Å². The molecular weight excluding hydrogens is 349 g/mol. The van der Waals surface area contributed by atoms with Crippen LogP contribution in [0.1, 0.15) is 67.9 Å². The predicted molar refractivity (Wildman–Crippen MR) is 101 cm³/mol. The summed E-state index contributed by atoms with van der Waals surface area (Å²) >= 11 is 0. The summed E-state index contributed by atoms with van der Waals surface area (Å²) in [6, 6.07) is 6.00. The molecule has 0 bridgehead atoms. The molecule has 7 heteroatoms. The average Bonchev–Trinajstić information content (AvgIpc) is 3.06. The van der Waals surface area contributed by atoms with Crippen molar-refractivity contribution in [2.24, 2.45) is 0 Å². The van der Waals surface area contributed by atoms with E-state index in [1.807, 2.05) is 13.8 Å². The Balaban J connectivity index is 1.96. The summed E-state index contributed by atoms with van der Waals surface area (Å²) in [7, 11) is 0. The van der Waals surface area contributed by atoms with E-state index in [1.165, 1.54) is 12.1 Å². The number of halogens is 1. The van der Waals surface area contributed by atoms with Crippen molar-refractivity contribution in [1.29, 1.82) is 0 Å². The fraction of sp³-hybridized carbons (Fsp3) is 0.450. The number of nitrogens with zero attached hydrogens (tertiary/aromatic N) is 2. The van der Waals surface area contributed by atoms with E-state index in [0.29, 0.717) is 24.2 Å². The standard InChI is InChI=1S/C20H26FN3O3/c1-14(2)19-17(13-23-24(19)16-10-8-15(21)9-11-16)20(27)22-12-6-4-3-5-7-18(25)26/h8-11,13-14H,3-7,12H2,1-2H3,(H,22,27)(H,25,26). The van der Waals surface area contributed by atoms with Gasteiger partial charge in [-0.2, -0.15) is 5.10 Å². The molecule has 1 aromatic carbocycles. The molecule has 0 saturated heterocycles. The molecule has 1 heterocycles. The number of unbranched alkanes of at least 4 members (excludes halogenated alkanes) is 3. The Morgan fingerprint density at radius 1 is 1.15 bits per heavy atom. The molecule has 0 radical (unpaired) electrons. The highest BCUT2D eigenvalue weighted by Crippen LogP contribution is 2.23. The number of carbonyl (C=O) groups excluding carboxylic acids is 1. The Hall–Kier alpha value is -2.70. The third kappa shape index (κ3) is 5.91. The van der Waals surface area contributed by atoms with Gasteiger partial charge in [-0.25, -0.2) is 9.07 Å². The van der Waals surface area contributed by atoms with Crippen molar-refractivity contribution in [2.75, 3.05) is 6.54 Å². The number of carboxylic acid groups (broad SMARTS) is 1. The lowest BCUT2D eigenvalue weighted by atomic mass is 10.0. The maximum Gasteiger partial charge on any atom is 0.303 e. The fourth-order valence-electron chi connectivity index (χ4n) is 2.93. The van der Waals surface area contributed by atoms with Gasteiger partial charge in [0.05, 0.1) is 23.1 Å². The molecule has 1 aromatic heterocycles. The first-order valence-corrected chi connectivity index (χ1v) is 9.24. The normalized spacial score (nSPS) is 11.0. The maximum atomic E-state index is 13.2. The number of rotatable bonds is 10. The summed E-state index contributed by atoms with van der Waals surface area (Å²) < 4.78 is 14.8. The van der Waals surface area contributed by atoms with Gasteiger partial charge < -0.3 is 10.4 Å². The van der Waals surface area contributed by atoms with Gasteiger partial charge in [0.2, 0.25) is 0 Å². The number of nitrogens with one attached hydrogen (secondary N) is 1. The van der Waals surface area contributed by atoms with Crippen LogP contribution in [0.25, 0.3) is 5.69 Å². The van der Waals surface area contributed by atoms with Crippen LogP contribution in [-0.4, -0.2) is 33.3 Å². The van der Waals surface area contributed by atoms with E-state index in [1.54, 1.807) is 23.0 Å². The Bertz CT molecular complexity index is 769. The molecule has 0 aliphatic heterocycles. The van der Waals surface area contributed by atoms with Crippen LogP contribution in [0.3, 0.4) is 0 Å². The number of aliphatic carboxylic acids is 1. The lowest BCUT2D eigenvalue weighted by Gasteiger charge is -2.13. The first-order chi connectivity index (χ1) is 12.9. The first-order valence-electron chi connectivity index (χ1n) is 9.24. The molecule has 146 valence electrons. The molecule has 0 spiro atoms. The molecule has 27 heavy (non-hydrogen) atoms. The first kappa shape index (κ1) is 20.6. The monoisotopic (exact) mass is 375 g/mol. The van der Waals surface area contributed by atoms with Gasteiger partial charge >= 0.3 is 5.97 Å². The van der Waals surface area contributed by atoms with E-state index in [2.05, 4.69) is 10.4 Å². The Labute approximate surface area is 158 Å². The molecule has 1 amide bonds. The lowest BCUT2D eigenvalue weighted by Crippen LogP contribution is -2.25. The number of benzene rings is 1. The minimum absolute atomic E-state index is 0.0642. The molecule has 2 N–H and O–H groups in total. The zero-order valence-corrected chi connectivity index (χ0v) is 15.7. The Kier molecular flexibility index (Phi) is 7.52. The fourth-order valence-corrected chi connectivity index (χ4v) is 2.93. The quantitative estimate of drug-likeness (QED) is 0.617. The van der Waals surface area contributed by atoms with Crippen LogP contribution < -0.4 is 5.32 Å². The van der Waals surface area contributed by atoms with Crippen LogP contribution in [-0.2, 0) is 4.79 Å². The topological polar surface area (TPSA) is 84.2 Å². The molecule has 0 saturated carbocycles. The second-order valence-electron chi connectivity index (χ2n) is 6.80. The lowest BCUT2D eigenvalue weighted by molar-refractivity contribution is -0.137. The second-order valence-corrected chi connectivity index (χ2v) is 6.80. The maximum absolute atomic E-state index is 13.2. The van der Waals surface area contributed by atoms with Crippen LogP contribution >= 0.6 is 0 Å². The highest BCUT2D eigenvalue weighted by molar-refractivity contribution is 5.95. The molecular formula is C20H26FN3O3. The zero-order valence-electron chi connectivity index (χ0n) is 15.7. The van der Waals surface area contributed by atoms with Crippen LogP contribution in [0, 0.1) is 5.82 Å². The number of aromatic nitrogens is 2. The van der Waals surface area contributed by atoms with Gasteiger partial charge in [-0.15, -0.1) is 0 Å². The van der Waals surface area contributed by atoms with Crippen LogP contribution in [0.2, 0.25) is 0 Å². The van der Waals surface area contributed by atoms with E-state index in [4.69, 9.17) is 5.11 Å². The van der Waals surface area contributed by atoms with E-state index >= 15 is 0 Å². The third-order valence-electron chi connectivity index (χ3n) is 4.27. The number of carbonyl (C=O) groups is 2. The largest absolute Gasteiger partial charge is 0.481 e. The van der Waals surface area contributed by atoms with Gasteiger partial charge in [-0.1, -0.05) is 26.7 Å².